The molecule has 172 valence electrons. The molecule has 0 spiro atoms. The molecule has 0 radical (unpaired) electrons. The lowest BCUT2D eigenvalue weighted by atomic mass is 10.1. The molecule has 0 aliphatic carbocycles. The fourth-order valence-corrected chi connectivity index (χ4v) is 3.48. The monoisotopic (exact) mass is 555 g/mol. The predicted molar refractivity (Wildman–Crippen MR) is 143 cm³/mol. The number of benzene rings is 2. The molecule has 0 unspecified atom stereocenters. The van der Waals surface area contributed by atoms with E-state index in [4.69, 9.17) is 4.99 Å². The van der Waals surface area contributed by atoms with Crippen molar-refractivity contribution in [2.24, 2.45) is 4.99 Å². The van der Waals surface area contributed by atoms with Crippen LogP contribution in [0.1, 0.15) is 23.6 Å². The molecule has 0 aliphatic heterocycles. The lowest BCUT2D eigenvalue weighted by molar-refractivity contribution is 0.686. The van der Waals surface area contributed by atoms with Gasteiger partial charge in [-0.05, 0) is 54.3 Å². The first-order valence-corrected chi connectivity index (χ1v) is 11.0. The van der Waals surface area contributed by atoms with Crippen LogP contribution in [0.4, 0.5) is 0 Å². The van der Waals surface area contributed by atoms with Gasteiger partial charge in [-0.3, -0.25) is 4.68 Å². The summed E-state index contributed by atoms with van der Waals surface area (Å²) in [6, 6.07) is 20.9. The molecular formula is C25H30IN7. The van der Waals surface area contributed by atoms with Crippen LogP contribution in [0, 0.1) is 0 Å². The van der Waals surface area contributed by atoms with Gasteiger partial charge in [0, 0.05) is 37.9 Å². The fourth-order valence-electron chi connectivity index (χ4n) is 3.48. The van der Waals surface area contributed by atoms with Crippen molar-refractivity contribution < 1.29 is 0 Å². The number of halogens is 1. The van der Waals surface area contributed by atoms with Gasteiger partial charge in [0.25, 0.3) is 0 Å². The molecule has 0 atom stereocenters. The number of guanidine groups is 1. The van der Waals surface area contributed by atoms with E-state index in [2.05, 4.69) is 76.3 Å². The predicted octanol–water partition coefficient (Wildman–Crippen LogP) is 4.03. The SMILES string of the molecule is CCNC(=NCc1cccc(Cn2cccn2)c1)NCCc1ccc(-n2cccn2)cc1.I. The molecule has 2 aromatic heterocycles. The van der Waals surface area contributed by atoms with Crippen molar-refractivity contribution in [1.82, 2.24) is 30.2 Å². The van der Waals surface area contributed by atoms with Crippen molar-refractivity contribution in [1.29, 1.82) is 0 Å². The van der Waals surface area contributed by atoms with E-state index < -0.39 is 0 Å². The molecule has 0 fully saturated rings. The lowest BCUT2D eigenvalue weighted by Crippen LogP contribution is -2.38. The van der Waals surface area contributed by atoms with Gasteiger partial charge in [-0.2, -0.15) is 10.2 Å². The standard InChI is InChI=1S/C25H29N7.HI/c1-2-26-25(27-15-12-21-8-10-24(11-9-21)32-17-5-14-30-32)28-19-22-6-3-7-23(18-22)20-31-16-4-13-29-31;/h3-11,13-14,16-18H,2,12,15,19-20H2,1H3,(H2,26,27,28);1H. The molecule has 0 bridgehead atoms. The van der Waals surface area contributed by atoms with Crippen LogP contribution in [0.2, 0.25) is 0 Å². The second kappa shape index (κ2) is 12.8. The average Bonchev–Trinajstić information content (AvgIpc) is 3.53. The Bertz CT molecular complexity index is 1100. The number of nitrogens with one attached hydrogen (secondary N) is 2. The highest BCUT2D eigenvalue weighted by Crippen LogP contribution is 2.10. The molecule has 2 heterocycles. The molecule has 7 nitrogen and oxygen atoms in total. The smallest absolute Gasteiger partial charge is 0.191 e. The van der Waals surface area contributed by atoms with Gasteiger partial charge in [0.05, 0.1) is 18.8 Å². The minimum Gasteiger partial charge on any atom is -0.357 e. The van der Waals surface area contributed by atoms with E-state index in [0.717, 1.165) is 37.7 Å². The molecule has 33 heavy (non-hydrogen) atoms. The molecule has 2 aromatic carbocycles. The van der Waals surface area contributed by atoms with Crippen molar-refractivity contribution in [2.45, 2.75) is 26.4 Å². The van der Waals surface area contributed by atoms with Gasteiger partial charge in [0.1, 0.15) is 0 Å². The van der Waals surface area contributed by atoms with Crippen molar-refractivity contribution >= 4 is 29.9 Å². The first-order valence-electron chi connectivity index (χ1n) is 11.0. The summed E-state index contributed by atoms with van der Waals surface area (Å²) >= 11 is 0. The minimum absolute atomic E-state index is 0. The maximum atomic E-state index is 4.76. The maximum absolute atomic E-state index is 4.76. The Labute approximate surface area is 212 Å². The highest BCUT2D eigenvalue weighted by molar-refractivity contribution is 14.0. The Morgan fingerprint density at radius 2 is 1.67 bits per heavy atom. The van der Waals surface area contributed by atoms with Gasteiger partial charge in [0.15, 0.2) is 5.96 Å². The second-order valence-corrected chi connectivity index (χ2v) is 7.51. The molecular weight excluding hydrogens is 525 g/mol. The first kappa shape index (κ1) is 24.5. The van der Waals surface area contributed by atoms with Crippen LogP contribution < -0.4 is 10.6 Å². The number of aliphatic imine (C=N–C) groups is 1. The summed E-state index contributed by atoms with van der Waals surface area (Å²) in [6.07, 6.45) is 8.43. The quantitative estimate of drug-likeness (QED) is 0.186. The van der Waals surface area contributed by atoms with Crippen molar-refractivity contribution in [3.63, 3.8) is 0 Å². The van der Waals surface area contributed by atoms with Crippen molar-refractivity contribution in [3.05, 3.63) is 102 Å². The first-order chi connectivity index (χ1) is 15.8. The van der Waals surface area contributed by atoms with Crippen molar-refractivity contribution in [2.75, 3.05) is 13.1 Å². The van der Waals surface area contributed by atoms with Gasteiger partial charge in [-0.25, -0.2) is 9.67 Å². The summed E-state index contributed by atoms with van der Waals surface area (Å²) in [5.74, 6) is 0.832. The number of hydrogen-bond donors (Lipinski definition) is 2. The van der Waals surface area contributed by atoms with Gasteiger partial charge in [-0.15, -0.1) is 24.0 Å². The Kier molecular flexibility index (Phi) is 9.49. The summed E-state index contributed by atoms with van der Waals surface area (Å²) < 4.78 is 3.79. The molecule has 0 saturated carbocycles. The number of aromatic nitrogens is 4. The molecule has 0 saturated heterocycles. The molecule has 0 aliphatic rings. The molecule has 8 heteroatoms. The van der Waals surface area contributed by atoms with E-state index in [9.17, 15) is 0 Å². The van der Waals surface area contributed by atoms with Crippen LogP contribution in [0.25, 0.3) is 5.69 Å². The zero-order chi connectivity index (χ0) is 22.0. The normalized spacial score (nSPS) is 11.1. The van der Waals surface area contributed by atoms with Crippen LogP contribution >= 0.6 is 24.0 Å². The zero-order valence-electron chi connectivity index (χ0n) is 18.8. The fraction of sp³-hybridized carbons (Fsp3) is 0.240. The highest BCUT2D eigenvalue weighted by atomic mass is 127. The van der Waals surface area contributed by atoms with E-state index in [1.54, 1.807) is 12.4 Å². The van der Waals surface area contributed by atoms with Crippen LogP contribution in [0.3, 0.4) is 0 Å². The Hall–Kier alpha value is -3.14. The summed E-state index contributed by atoms with van der Waals surface area (Å²) in [5, 5.41) is 15.3. The summed E-state index contributed by atoms with van der Waals surface area (Å²) in [5.41, 5.74) is 4.74. The summed E-state index contributed by atoms with van der Waals surface area (Å²) in [4.78, 5) is 4.76. The lowest BCUT2D eigenvalue weighted by Gasteiger charge is -2.12. The van der Waals surface area contributed by atoms with Crippen LogP contribution in [0.15, 0.2) is 90.4 Å². The molecule has 0 amide bonds. The molecule has 4 rings (SSSR count). The third-order valence-corrected chi connectivity index (χ3v) is 5.07. The summed E-state index contributed by atoms with van der Waals surface area (Å²) in [6.45, 7) is 5.11. The highest BCUT2D eigenvalue weighted by Gasteiger charge is 2.02. The third-order valence-electron chi connectivity index (χ3n) is 5.07. The average molecular weight is 555 g/mol. The molecule has 2 N–H and O–H groups in total. The van der Waals surface area contributed by atoms with Crippen LogP contribution in [0.5, 0.6) is 0 Å². The maximum Gasteiger partial charge on any atom is 0.191 e. The van der Waals surface area contributed by atoms with Gasteiger partial charge in [0.2, 0.25) is 0 Å². The van der Waals surface area contributed by atoms with Crippen LogP contribution in [-0.4, -0.2) is 38.6 Å². The number of rotatable bonds is 9. The van der Waals surface area contributed by atoms with E-state index in [1.165, 1.54) is 16.7 Å². The Morgan fingerprint density at radius 1 is 0.879 bits per heavy atom. The Balaban J connectivity index is 0.00000306. The number of nitrogens with zero attached hydrogens (tertiary/aromatic N) is 5. The van der Waals surface area contributed by atoms with Gasteiger partial charge in [-0.1, -0.05) is 36.4 Å². The van der Waals surface area contributed by atoms with Crippen molar-refractivity contribution in [3.8, 4) is 5.69 Å². The minimum atomic E-state index is 0. The second-order valence-electron chi connectivity index (χ2n) is 7.51. The van der Waals surface area contributed by atoms with Gasteiger partial charge < -0.3 is 10.6 Å². The topological polar surface area (TPSA) is 72.1 Å². The largest absolute Gasteiger partial charge is 0.357 e. The van der Waals surface area contributed by atoms with E-state index in [1.807, 2.05) is 33.9 Å². The van der Waals surface area contributed by atoms with E-state index >= 15 is 0 Å². The zero-order valence-corrected chi connectivity index (χ0v) is 21.1. The number of hydrogen-bond acceptors (Lipinski definition) is 3. The van der Waals surface area contributed by atoms with Crippen LogP contribution in [-0.2, 0) is 19.5 Å². The molecule has 4 aromatic rings. The summed E-state index contributed by atoms with van der Waals surface area (Å²) in [7, 11) is 0. The van der Waals surface area contributed by atoms with E-state index in [-0.39, 0.29) is 24.0 Å². The third kappa shape index (κ3) is 7.45. The van der Waals surface area contributed by atoms with E-state index in [0.29, 0.717) is 6.54 Å². The van der Waals surface area contributed by atoms with Gasteiger partial charge >= 0.3 is 0 Å². The Morgan fingerprint density at radius 3 is 2.39 bits per heavy atom.